The molecular formula is C24H29N5O3. The first-order chi connectivity index (χ1) is 15.4. The SMILES string of the molecule is CC(C)C[C@H](C(=O)N1CCN(c2cc(C#N)ccn2)CC1)N1C(=O)[C@H]2CC=CC[C@H]2C1=O. The van der Waals surface area contributed by atoms with Crippen LogP contribution >= 0.6 is 0 Å². The predicted molar refractivity (Wildman–Crippen MR) is 118 cm³/mol. The predicted octanol–water partition coefficient (Wildman–Crippen LogP) is 1.97. The van der Waals surface area contributed by atoms with Crippen molar-refractivity contribution >= 4 is 23.5 Å². The maximum absolute atomic E-state index is 13.5. The molecule has 0 unspecified atom stereocenters. The highest BCUT2D eigenvalue weighted by Gasteiger charge is 2.51. The van der Waals surface area contributed by atoms with Crippen molar-refractivity contribution in [2.75, 3.05) is 31.1 Å². The number of allylic oxidation sites excluding steroid dienone is 2. The highest BCUT2D eigenvalue weighted by atomic mass is 16.2. The molecule has 0 radical (unpaired) electrons. The second kappa shape index (κ2) is 9.11. The van der Waals surface area contributed by atoms with Crippen LogP contribution in [0.5, 0.6) is 0 Å². The number of aromatic nitrogens is 1. The third kappa shape index (κ3) is 4.12. The average Bonchev–Trinajstić information content (AvgIpc) is 3.07. The van der Waals surface area contributed by atoms with Gasteiger partial charge in [0.1, 0.15) is 11.9 Å². The van der Waals surface area contributed by atoms with E-state index in [2.05, 4.69) is 16.0 Å². The summed E-state index contributed by atoms with van der Waals surface area (Å²) < 4.78 is 0. The Balaban J connectivity index is 1.48. The van der Waals surface area contributed by atoms with Crippen LogP contribution in [0.25, 0.3) is 0 Å². The van der Waals surface area contributed by atoms with Crippen molar-refractivity contribution in [1.29, 1.82) is 5.26 Å². The first-order valence-electron chi connectivity index (χ1n) is 11.3. The Bertz CT molecular complexity index is 948. The van der Waals surface area contributed by atoms with Gasteiger partial charge in [0.15, 0.2) is 0 Å². The summed E-state index contributed by atoms with van der Waals surface area (Å²) in [6.45, 7) is 6.14. The van der Waals surface area contributed by atoms with E-state index in [4.69, 9.17) is 5.26 Å². The zero-order chi connectivity index (χ0) is 22.8. The number of likely N-dealkylation sites (tertiary alicyclic amines) is 1. The summed E-state index contributed by atoms with van der Waals surface area (Å²) >= 11 is 0. The van der Waals surface area contributed by atoms with Gasteiger partial charge in [-0.3, -0.25) is 19.3 Å². The van der Waals surface area contributed by atoms with Gasteiger partial charge < -0.3 is 9.80 Å². The molecule has 3 aliphatic rings. The van der Waals surface area contributed by atoms with Gasteiger partial charge in [-0.1, -0.05) is 26.0 Å². The summed E-state index contributed by atoms with van der Waals surface area (Å²) in [5, 5.41) is 9.12. The van der Waals surface area contributed by atoms with Gasteiger partial charge in [0.25, 0.3) is 0 Å². The number of carbonyl (C=O) groups excluding carboxylic acids is 3. The number of imide groups is 1. The minimum absolute atomic E-state index is 0.148. The lowest BCUT2D eigenvalue weighted by atomic mass is 9.85. The van der Waals surface area contributed by atoms with Gasteiger partial charge >= 0.3 is 0 Å². The second-order valence-corrected chi connectivity index (χ2v) is 9.17. The van der Waals surface area contributed by atoms with Crippen LogP contribution in [0.2, 0.25) is 0 Å². The molecule has 0 saturated carbocycles. The Morgan fingerprint density at radius 3 is 2.31 bits per heavy atom. The van der Waals surface area contributed by atoms with Crippen LogP contribution in [0.15, 0.2) is 30.5 Å². The van der Waals surface area contributed by atoms with Crippen LogP contribution in [0.4, 0.5) is 5.82 Å². The number of hydrogen-bond acceptors (Lipinski definition) is 6. The Morgan fingerprint density at radius 2 is 1.75 bits per heavy atom. The standard InChI is InChI=1S/C24H29N5O3/c1-16(2)13-20(29-22(30)18-5-3-4-6-19(18)23(29)31)24(32)28-11-9-27(10-12-28)21-14-17(15-25)7-8-26-21/h3-4,7-8,14,16,18-20H,5-6,9-13H2,1-2H3/t18-,19+,20-/m1/s1. The Hall–Kier alpha value is -3.21. The summed E-state index contributed by atoms with van der Waals surface area (Å²) in [7, 11) is 0. The molecule has 8 heteroatoms. The molecule has 0 spiro atoms. The molecule has 168 valence electrons. The van der Waals surface area contributed by atoms with Gasteiger partial charge in [-0.25, -0.2) is 4.98 Å². The van der Waals surface area contributed by atoms with E-state index >= 15 is 0 Å². The van der Waals surface area contributed by atoms with E-state index in [0.717, 1.165) is 5.82 Å². The number of nitrogens with zero attached hydrogens (tertiary/aromatic N) is 5. The minimum Gasteiger partial charge on any atom is -0.353 e. The normalized spacial score (nSPS) is 24.0. The molecule has 0 N–H and O–H groups in total. The number of amides is 3. The molecule has 8 nitrogen and oxygen atoms in total. The Morgan fingerprint density at radius 1 is 1.12 bits per heavy atom. The van der Waals surface area contributed by atoms with Crippen molar-refractivity contribution in [2.24, 2.45) is 17.8 Å². The lowest BCUT2D eigenvalue weighted by molar-refractivity contribution is -0.152. The molecule has 1 aromatic heterocycles. The maximum atomic E-state index is 13.5. The number of piperazine rings is 1. The van der Waals surface area contributed by atoms with E-state index in [-0.39, 0.29) is 35.5 Å². The molecule has 3 atom stereocenters. The van der Waals surface area contributed by atoms with Crippen molar-refractivity contribution in [3.8, 4) is 6.07 Å². The van der Waals surface area contributed by atoms with Crippen LogP contribution in [0, 0.1) is 29.1 Å². The van der Waals surface area contributed by atoms with Crippen molar-refractivity contribution < 1.29 is 14.4 Å². The van der Waals surface area contributed by atoms with Crippen molar-refractivity contribution in [3.63, 3.8) is 0 Å². The number of carbonyl (C=O) groups is 3. The molecule has 2 fully saturated rings. The third-order valence-electron chi connectivity index (χ3n) is 6.62. The van der Waals surface area contributed by atoms with Gasteiger partial charge in [-0.2, -0.15) is 5.26 Å². The van der Waals surface area contributed by atoms with Crippen molar-refractivity contribution in [1.82, 2.24) is 14.8 Å². The largest absolute Gasteiger partial charge is 0.353 e. The quantitative estimate of drug-likeness (QED) is 0.518. The number of pyridine rings is 1. The summed E-state index contributed by atoms with van der Waals surface area (Å²) in [4.78, 5) is 49.2. The molecule has 3 amide bonds. The van der Waals surface area contributed by atoms with Crippen LogP contribution < -0.4 is 4.90 Å². The number of fused-ring (bicyclic) bond motifs is 1. The summed E-state index contributed by atoms with van der Waals surface area (Å²) in [6.07, 6.45) is 7.15. The number of nitriles is 1. The number of rotatable bonds is 5. The smallest absolute Gasteiger partial charge is 0.246 e. The first-order valence-corrected chi connectivity index (χ1v) is 11.3. The zero-order valence-electron chi connectivity index (χ0n) is 18.6. The fraction of sp³-hybridized carbons (Fsp3) is 0.542. The maximum Gasteiger partial charge on any atom is 0.246 e. The van der Waals surface area contributed by atoms with Crippen LogP contribution in [-0.2, 0) is 14.4 Å². The van der Waals surface area contributed by atoms with E-state index < -0.39 is 6.04 Å². The van der Waals surface area contributed by atoms with Crippen LogP contribution in [-0.4, -0.2) is 64.7 Å². The fourth-order valence-electron chi connectivity index (χ4n) is 4.92. The molecule has 0 bridgehead atoms. The fourth-order valence-corrected chi connectivity index (χ4v) is 4.92. The van der Waals surface area contributed by atoms with Gasteiger partial charge in [0.05, 0.1) is 23.5 Å². The van der Waals surface area contributed by atoms with Crippen molar-refractivity contribution in [3.05, 3.63) is 36.0 Å². The van der Waals surface area contributed by atoms with Gasteiger partial charge in [0.2, 0.25) is 17.7 Å². The molecule has 4 rings (SSSR count). The van der Waals surface area contributed by atoms with Gasteiger partial charge in [0, 0.05) is 32.4 Å². The minimum atomic E-state index is -0.743. The summed E-state index contributed by atoms with van der Waals surface area (Å²) in [6, 6.07) is 4.79. The van der Waals surface area contributed by atoms with E-state index in [1.807, 2.05) is 26.0 Å². The van der Waals surface area contributed by atoms with Crippen LogP contribution in [0.1, 0.15) is 38.7 Å². The third-order valence-corrected chi connectivity index (χ3v) is 6.62. The topological polar surface area (TPSA) is 97.6 Å². The number of anilines is 1. The number of hydrogen-bond donors (Lipinski definition) is 0. The van der Waals surface area contributed by atoms with E-state index in [1.165, 1.54) is 4.90 Å². The van der Waals surface area contributed by atoms with E-state index in [1.54, 1.807) is 23.2 Å². The second-order valence-electron chi connectivity index (χ2n) is 9.17. The van der Waals surface area contributed by atoms with E-state index in [9.17, 15) is 14.4 Å². The average molecular weight is 436 g/mol. The summed E-state index contributed by atoms with van der Waals surface area (Å²) in [5.74, 6) is -0.305. The van der Waals surface area contributed by atoms with Gasteiger partial charge in [-0.15, -0.1) is 0 Å². The zero-order valence-corrected chi connectivity index (χ0v) is 18.6. The molecule has 2 aliphatic heterocycles. The van der Waals surface area contributed by atoms with Crippen molar-refractivity contribution in [2.45, 2.75) is 39.2 Å². The van der Waals surface area contributed by atoms with E-state index in [0.29, 0.717) is 51.0 Å². The van der Waals surface area contributed by atoms with Crippen LogP contribution in [0.3, 0.4) is 0 Å². The molecule has 0 aromatic carbocycles. The highest BCUT2D eigenvalue weighted by Crippen LogP contribution is 2.37. The molecular weight excluding hydrogens is 406 g/mol. The first kappa shape index (κ1) is 22.0. The molecule has 2 saturated heterocycles. The lowest BCUT2D eigenvalue weighted by Crippen LogP contribution is -2.56. The Kier molecular flexibility index (Phi) is 6.26. The monoisotopic (exact) mass is 435 g/mol. The highest BCUT2D eigenvalue weighted by molar-refractivity contribution is 6.08. The lowest BCUT2D eigenvalue weighted by Gasteiger charge is -2.38. The Labute approximate surface area is 188 Å². The molecule has 32 heavy (non-hydrogen) atoms. The van der Waals surface area contributed by atoms with Gasteiger partial charge in [-0.05, 0) is 37.3 Å². The molecule has 3 heterocycles. The summed E-state index contributed by atoms with van der Waals surface area (Å²) in [5.41, 5.74) is 0.549. The molecule has 1 aromatic rings. The molecule has 1 aliphatic carbocycles.